The number of halogens is 2. The van der Waals surface area contributed by atoms with E-state index in [2.05, 4.69) is 25.6 Å². The van der Waals surface area contributed by atoms with E-state index < -0.39 is 0 Å². The van der Waals surface area contributed by atoms with Gasteiger partial charge in [0, 0.05) is 48.3 Å². The fourth-order valence-electron chi connectivity index (χ4n) is 3.18. The summed E-state index contributed by atoms with van der Waals surface area (Å²) in [6.07, 6.45) is 8.78. The molecule has 0 bridgehead atoms. The van der Waals surface area contributed by atoms with E-state index in [1.54, 1.807) is 30.9 Å². The number of rotatable bonds is 10. The highest BCUT2D eigenvalue weighted by Gasteiger charge is 2.12. The summed E-state index contributed by atoms with van der Waals surface area (Å²) in [5.74, 6) is 0.445. The van der Waals surface area contributed by atoms with Gasteiger partial charge in [-0.05, 0) is 48.7 Å². The summed E-state index contributed by atoms with van der Waals surface area (Å²) in [4.78, 5) is 27.0. The van der Waals surface area contributed by atoms with Crippen LogP contribution in [0, 0.1) is 0 Å². The number of nitrogens with one attached hydrogen (secondary N) is 2. The third kappa shape index (κ3) is 6.54. The Morgan fingerprint density at radius 3 is 2.82 bits per heavy atom. The summed E-state index contributed by atoms with van der Waals surface area (Å²) < 4.78 is 2.03. The lowest BCUT2D eigenvalue weighted by atomic mass is 10.1. The van der Waals surface area contributed by atoms with E-state index in [0.717, 1.165) is 35.6 Å². The monoisotopic (exact) mass is 500 g/mol. The van der Waals surface area contributed by atoms with Gasteiger partial charge in [0.2, 0.25) is 5.95 Å². The molecule has 0 radical (unpaired) electrons. The molecule has 0 saturated carbocycles. The number of carbonyl (C=O) groups excluding carboxylic acids is 1. The van der Waals surface area contributed by atoms with Crippen molar-refractivity contribution in [1.82, 2.24) is 24.8 Å². The molecule has 4 aromatic rings. The van der Waals surface area contributed by atoms with Crippen molar-refractivity contribution < 1.29 is 4.79 Å². The second-order valence-corrected chi connectivity index (χ2v) is 9.18. The Kier molecular flexibility index (Phi) is 7.93. The van der Waals surface area contributed by atoms with E-state index in [4.69, 9.17) is 23.2 Å². The molecule has 7 nitrogen and oxygen atoms in total. The lowest BCUT2D eigenvalue weighted by molar-refractivity contribution is 0.0958. The normalized spacial score (nSPS) is 10.8. The maximum atomic E-state index is 12.6. The number of aromatic nitrogens is 4. The first kappa shape index (κ1) is 23.2. The molecule has 170 valence electrons. The Hall–Kier alpha value is -2.94. The molecule has 0 fully saturated rings. The summed E-state index contributed by atoms with van der Waals surface area (Å²) >= 11 is 13.5. The predicted octanol–water partition coefficient (Wildman–Crippen LogP) is 5.18. The van der Waals surface area contributed by atoms with Crippen molar-refractivity contribution in [3.05, 3.63) is 81.8 Å². The van der Waals surface area contributed by atoms with Gasteiger partial charge in [-0.1, -0.05) is 29.3 Å². The zero-order valence-electron chi connectivity index (χ0n) is 17.7. The van der Waals surface area contributed by atoms with Gasteiger partial charge >= 0.3 is 0 Å². The number of nitrogens with zero attached hydrogens (tertiary/aromatic N) is 4. The van der Waals surface area contributed by atoms with Crippen LogP contribution in [0.3, 0.4) is 0 Å². The molecule has 1 amide bonds. The third-order valence-corrected chi connectivity index (χ3v) is 6.56. The molecule has 0 aliphatic carbocycles. The molecule has 2 N–H and O–H groups in total. The highest BCUT2D eigenvalue weighted by Crippen LogP contribution is 2.27. The predicted molar refractivity (Wildman–Crippen MR) is 133 cm³/mol. The van der Waals surface area contributed by atoms with Crippen molar-refractivity contribution in [2.24, 2.45) is 0 Å². The summed E-state index contributed by atoms with van der Waals surface area (Å²) in [6, 6.07) is 10.9. The van der Waals surface area contributed by atoms with Crippen LogP contribution in [0.15, 0.2) is 61.3 Å². The van der Waals surface area contributed by atoms with Crippen LogP contribution in [-0.2, 0) is 13.0 Å². The lowest BCUT2D eigenvalue weighted by Gasteiger charge is -2.07. The van der Waals surface area contributed by atoms with Gasteiger partial charge in [0.15, 0.2) is 0 Å². The average molecular weight is 501 g/mol. The first-order valence-corrected chi connectivity index (χ1v) is 12.0. The first-order chi connectivity index (χ1) is 16.1. The van der Waals surface area contributed by atoms with E-state index in [1.165, 1.54) is 11.3 Å². The molecule has 10 heteroatoms. The Balaban J connectivity index is 1.29. The largest absolute Gasteiger partial charge is 0.354 e. The van der Waals surface area contributed by atoms with Crippen LogP contribution in [0.1, 0.15) is 21.7 Å². The van der Waals surface area contributed by atoms with Crippen molar-refractivity contribution >= 4 is 46.4 Å². The molecule has 3 aromatic heterocycles. The van der Waals surface area contributed by atoms with E-state index in [1.807, 2.05) is 35.0 Å². The maximum absolute atomic E-state index is 12.6. The number of imidazole rings is 1. The molecule has 0 saturated heterocycles. The van der Waals surface area contributed by atoms with Crippen LogP contribution in [-0.4, -0.2) is 38.5 Å². The number of hydrogen-bond donors (Lipinski definition) is 2. The minimum atomic E-state index is -0.122. The number of anilines is 1. The third-order valence-electron chi connectivity index (χ3n) is 4.87. The summed E-state index contributed by atoms with van der Waals surface area (Å²) in [6.45, 7) is 2.10. The average Bonchev–Trinajstić information content (AvgIpc) is 3.51. The molecule has 0 atom stereocenters. The Morgan fingerprint density at radius 2 is 2.00 bits per heavy atom. The molecule has 0 aliphatic rings. The Bertz CT molecular complexity index is 1210. The smallest absolute Gasteiger partial charge is 0.261 e. The lowest BCUT2D eigenvalue weighted by Crippen LogP contribution is -2.24. The van der Waals surface area contributed by atoms with Gasteiger partial charge in [0.1, 0.15) is 0 Å². The summed E-state index contributed by atoms with van der Waals surface area (Å²) in [5, 5.41) is 7.38. The van der Waals surface area contributed by atoms with Gasteiger partial charge in [0.05, 0.1) is 21.8 Å². The number of carbonyl (C=O) groups is 1. The molecular weight excluding hydrogens is 479 g/mol. The number of amides is 1. The zero-order valence-corrected chi connectivity index (χ0v) is 20.0. The van der Waals surface area contributed by atoms with E-state index >= 15 is 0 Å². The molecule has 0 unspecified atom stereocenters. The Labute approximate surface area is 205 Å². The van der Waals surface area contributed by atoms with Gasteiger partial charge in [-0.2, -0.15) is 0 Å². The SMILES string of the molecule is O=C(NCCc1ccc(Cl)cc1Cl)c1ccc(-c2ccnc(NCCCn3ccnc3)n2)s1. The van der Waals surface area contributed by atoms with Crippen molar-refractivity contribution in [2.75, 3.05) is 18.4 Å². The molecule has 4 rings (SSSR count). The van der Waals surface area contributed by atoms with Crippen LogP contribution in [0.5, 0.6) is 0 Å². The fourth-order valence-corrected chi connectivity index (χ4v) is 4.58. The number of benzene rings is 1. The summed E-state index contributed by atoms with van der Waals surface area (Å²) in [5.41, 5.74) is 1.72. The first-order valence-electron chi connectivity index (χ1n) is 10.4. The zero-order chi connectivity index (χ0) is 23.0. The molecule has 3 heterocycles. The molecule has 0 aliphatic heterocycles. The van der Waals surface area contributed by atoms with Gasteiger partial charge in [0.25, 0.3) is 5.91 Å². The minimum Gasteiger partial charge on any atom is -0.354 e. The number of hydrogen-bond acceptors (Lipinski definition) is 6. The van der Waals surface area contributed by atoms with Crippen molar-refractivity contribution in [3.8, 4) is 10.6 Å². The highest BCUT2D eigenvalue weighted by molar-refractivity contribution is 7.17. The topological polar surface area (TPSA) is 84.7 Å². The van der Waals surface area contributed by atoms with Crippen LogP contribution in [0.25, 0.3) is 10.6 Å². The highest BCUT2D eigenvalue weighted by atomic mass is 35.5. The maximum Gasteiger partial charge on any atom is 0.261 e. The molecule has 33 heavy (non-hydrogen) atoms. The minimum absolute atomic E-state index is 0.122. The van der Waals surface area contributed by atoms with Crippen LogP contribution < -0.4 is 10.6 Å². The summed E-state index contributed by atoms with van der Waals surface area (Å²) in [7, 11) is 0. The quantitative estimate of drug-likeness (QED) is 0.293. The Morgan fingerprint density at radius 1 is 1.09 bits per heavy atom. The van der Waals surface area contributed by atoms with E-state index in [9.17, 15) is 4.79 Å². The van der Waals surface area contributed by atoms with Crippen molar-refractivity contribution in [1.29, 1.82) is 0 Å². The van der Waals surface area contributed by atoms with Crippen molar-refractivity contribution in [3.63, 3.8) is 0 Å². The standard InChI is InChI=1S/C23H22Cl2N6OS/c24-17-3-2-16(18(25)14-17)6-9-27-22(32)21-5-4-20(33-21)19-7-10-29-23(30-19)28-8-1-12-31-13-11-26-15-31/h2-5,7,10-11,13-15H,1,6,8-9,12H2,(H,27,32)(H,28,29,30). The number of thiophene rings is 1. The number of aryl methyl sites for hydroxylation is 1. The van der Waals surface area contributed by atoms with Gasteiger partial charge in [-0.25, -0.2) is 15.0 Å². The van der Waals surface area contributed by atoms with Gasteiger partial charge in [-0.15, -0.1) is 11.3 Å². The van der Waals surface area contributed by atoms with Crippen LogP contribution in [0.4, 0.5) is 5.95 Å². The molecular formula is C23H22Cl2N6OS. The van der Waals surface area contributed by atoms with Crippen molar-refractivity contribution in [2.45, 2.75) is 19.4 Å². The van der Waals surface area contributed by atoms with Gasteiger partial charge < -0.3 is 15.2 Å². The molecule has 1 aromatic carbocycles. The van der Waals surface area contributed by atoms with E-state index in [0.29, 0.717) is 33.8 Å². The molecule has 0 spiro atoms. The van der Waals surface area contributed by atoms with Crippen LogP contribution in [0.2, 0.25) is 10.0 Å². The van der Waals surface area contributed by atoms with Gasteiger partial charge in [-0.3, -0.25) is 4.79 Å². The second kappa shape index (κ2) is 11.3. The van der Waals surface area contributed by atoms with E-state index in [-0.39, 0.29) is 5.91 Å². The second-order valence-electron chi connectivity index (χ2n) is 7.25. The van der Waals surface area contributed by atoms with Crippen LogP contribution >= 0.6 is 34.5 Å². The fraction of sp³-hybridized carbons (Fsp3) is 0.217.